The number of hydrogen-bond donors (Lipinski definition) is 3. The molecule has 0 saturated heterocycles. The highest BCUT2D eigenvalue weighted by atomic mass is 35.5. The minimum atomic E-state index is -4.43. The first-order valence-electron chi connectivity index (χ1n) is 6.80. The van der Waals surface area contributed by atoms with Gasteiger partial charge < -0.3 is 10.2 Å². The predicted molar refractivity (Wildman–Crippen MR) is 86.2 cm³/mol. The molecular formula is C15H12ClF2NO5S. The van der Waals surface area contributed by atoms with Gasteiger partial charge in [0.1, 0.15) is 16.5 Å². The van der Waals surface area contributed by atoms with E-state index in [0.29, 0.717) is 6.07 Å². The highest BCUT2D eigenvalue weighted by molar-refractivity contribution is 7.92. The van der Waals surface area contributed by atoms with Gasteiger partial charge in [-0.3, -0.25) is 9.52 Å². The topological polar surface area (TPSA) is 104 Å². The monoisotopic (exact) mass is 391 g/mol. The molecule has 0 aliphatic rings. The number of carbonyl (C=O) groups is 1. The fraction of sp³-hybridized carbons (Fsp3) is 0.133. The van der Waals surface area contributed by atoms with E-state index in [-0.39, 0.29) is 29.1 Å². The Bertz CT molecular complexity index is 914. The quantitative estimate of drug-likeness (QED) is 0.701. The van der Waals surface area contributed by atoms with Crippen molar-refractivity contribution >= 4 is 33.3 Å². The summed E-state index contributed by atoms with van der Waals surface area (Å²) in [7, 11) is -4.43. The number of phenols is 1. The smallest absolute Gasteiger partial charge is 0.303 e. The van der Waals surface area contributed by atoms with E-state index < -0.39 is 38.3 Å². The first-order chi connectivity index (χ1) is 11.6. The summed E-state index contributed by atoms with van der Waals surface area (Å²) in [6.45, 7) is 0. The number of anilines is 1. The maximum atomic E-state index is 13.2. The molecule has 6 nitrogen and oxygen atoms in total. The van der Waals surface area contributed by atoms with Crippen LogP contribution in [-0.2, 0) is 21.2 Å². The number of carboxylic acids is 1. The van der Waals surface area contributed by atoms with Crippen LogP contribution in [0.2, 0.25) is 5.02 Å². The molecule has 2 aromatic carbocycles. The van der Waals surface area contributed by atoms with Crippen molar-refractivity contribution in [2.75, 3.05) is 4.72 Å². The molecule has 0 aliphatic heterocycles. The molecule has 25 heavy (non-hydrogen) atoms. The van der Waals surface area contributed by atoms with Crippen LogP contribution < -0.4 is 4.72 Å². The molecule has 0 heterocycles. The number of aliphatic carboxylic acids is 1. The Morgan fingerprint density at radius 3 is 2.28 bits per heavy atom. The van der Waals surface area contributed by atoms with Gasteiger partial charge in [-0.2, -0.15) is 0 Å². The molecule has 2 rings (SSSR count). The molecular weight excluding hydrogens is 380 g/mol. The van der Waals surface area contributed by atoms with Crippen LogP contribution in [-0.4, -0.2) is 24.6 Å². The predicted octanol–water partition coefficient (Wildman–Crippen LogP) is 3.14. The largest absolute Gasteiger partial charge is 0.505 e. The average molecular weight is 392 g/mol. The summed E-state index contributed by atoms with van der Waals surface area (Å²) in [6.07, 6.45) is -0.296. The number of carboxylic acid groups (broad SMARTS) is 1. The summed E-state index contributed by atoms with van der Waals surface area (Å²) in [5, 5.41) is 18.3. The van der Waals surface area contributed by atoms with Crippen molar-refractivity contribution in [3.05, 3.63) is 52.6 Å². The molecule has 2 aromatic rings. The van der Waals surface area contributed by atoms with Gasteiger partial charge in [0.05, 0.1) is 10.7 Å². The van der Waals surface area contributed by atoms with Crippen molar-refractivity contribution in [2.24, 2.45) is 0 Å². The summed E-state index contributed by atoms with van der Waals surface area (Å²) in [4.78, 5) is 9.99. The molecule has 0 aliphatic carbocycles. The Labute approximate surface area is 146 Å². The number of aryl methyl sites for hydroxylation is 1. The van der Waals surface area contributed by atoms with E-state index in [4.69, 9.17) is 16.7 Å². The fourth-order valence-corrected chi connectivity index (χ4v) is 3.56. The lowest BCUT2D eigenvalue weighted by molar-refractivity contribution is -0.136. The SMILES string of the molecule is O=C(O)CCc1cc(Cl)c(O)c(S(=O)(=O)Nc2cc(F)cc(F)c2)c1. The van der Waals surface area contributed by atoms with E-state index in [1.54, 1.807) is 0 Å². The average Bonchev–Trinajstić information content (AvgIpc) is 2.46. The van der Waals surface area contributed by atoms with Crippen LogP contribution in [0.25, 0.3) is 0 Å². The molecule has 0 atom stereocenters. The minimum Gasteiger partial charge on any atom is -0.505 e. The number of benzene rings is 2. The summed E-state index contributed by atoms with van der Waals surface area (Å²) >= 11 is 5.78. The summed E-state index contributed by atoms with van der Waals surface area (Å²) < 4.78 is 53.1. The van der Waals surface area contributed by atoms with E-state index in [2.05, 4.69) is 0 Å². The fourth-order valence-electron chi connectivity index (χ4n) is 2.05. The highest BCUT2D eigenvalue weighted by Gasteiger charge is 2.22. The van der Waals surface area contributed by atoms with Gasteiger partial charge in [-0.25, -0.2) is 17.2 Å². The third kappa shape index (κ3) is 4.80. The van der Waals surface area contributed by atoms with Crippen molar-refractivity contribution in [3.63, 3.8) is 0 Å². The molecule has 0 unspecified atom stereocenters. The second-order valence-electron chi connectivity index (χ2n) is 5.08. The number of hydrogen-bond acceptors (Lipinski definition) is 4. The molecule has 0 spiro atoms. The van der Waals surface area contributed by atoms with E-state index in [9.17, 15) is 27.1 Å². The van der Waals surface area contributed by atoms with Gasteiger partial charge in [-0.1, -0.05) is 11.6 Å². The van der Waals surface area contributed by atoms with Crippen LogP contribution in [0.4, 0.5) is 14.5 Å². The molecule has 0 aromatic heterocycles. The van der Waals surface area contributed by atoms with Crippen LogP contribution in [0, 0.1) is 11.6 Å². The maximum absolute atomic E-state index is 13.2. The molecule has 0 fully saturated rings. The van der Waals surface area contributed by atoms with E-state index in [0.717, 1.165) is 18.2 Å². The van der Waals surface area contributed by atoms with Crippen molar-refractivity contribution in [1.29, 1.82) is 0 Å². The van der Waals surface area contributed by atoms with Gasteiger partial charge in [0.25, 0.3) is 10.0 Å². The number of nitrogens with one attached hydrogen (secondary N) is 1. The van der Waals surface area contributed by atoms with Crippen LogP contribution in [0.3, 0.4) is 0 Å². The molecule has 134 valence electrons. The first kappa shape index (κ1) is 18.9. The van der Waals surface area contributed by atoms with Gasteiger partial charge in [0.15, 0.2) is 5.75 Å². The molecule has 3 N–H and O–H groups in total. The molecule has 0 bridgehead atoms. The van der Waals surface area contributed by atoms with Crippen molar-refractivity contribution in [2.45, 2.75) is 17.7 Å². The third-order valence-corrected chi connectivity index (χ3v) is 4.80. The third-order valence-electron chi connectivity index (χ3n) is 3.12. The van der Waals surface area contributed by atoms with Crippen LogP contribution in [0.1, 0.15) is 12.0 Å². The lowest BCUT2D eigenvalue weighted by atomic mass is 10.1. The summed E-state index contributed by atoms with van der Waals surface area (Å²) in [5.41, 5.74) is -0.125. The molecule has 0 amide bonds. The second kappa shape index (κ2) is 7.24. The number of phenolic OH excluding ortho intramolecular Hbond substituents is 1. The van der Waals surface area contributed by atoms with Crippen LogP contribution in [0.15, 0.2) is 35.2 Å². The van der Waals surface area contributed by atoms with Gasteiger partial charge >= 0.3 is 5.97 Å². The Morgan fingerprint density at radius 1 is 1.12 bits per heavy atom. The number of rotatable bonds is 6. The second-order valence-corrected chi connectivity index (χ2v) is 7.14. The van der Waals surface area contributed by atoms with Crippen LogP contribution >= 0.6 is 11.6 Å². The van der Waals surface area contributed by atoms with Gasteiger partial charge in [0, 0.05) is 12.5 Å². The molecule has 0 saturated carbocycles. The number of halogens is 3. The maximum Gasteiger partial charge on any atom is 0.303 e. The Hall–Kier alpha value is -2.39. The van der Waals surface area contributed by atoms with Gasteiger partial charge in [-0.05, 0) is 36.2 Å². The number of sulfonamides is 1. The van der Waals surface area contributed by atoms with Crippen LogP contribution in [0.5, 0.6) is 5.75 Å². The Kier molecular flexibility index (Phi) is 5.48. The zero-order valence-corrected chi connectivity index (χ0v) is 14.0. The zero-order valence-electron chi connectivity index (χ0n) is 12.5. The lowest BCUT2D eigenvalue weighted by Crippen LogP contribution is -2.14. The number of aromatic hydroxyl groups is 1. The Balaban J connectivity index is 2.42. The first-order valence-corrected chi connectivity index (χ1v) is 8.66. The van der Waals surface area contributed by atoms with E-state index in [1.807, 2.05) is 4.72 Å². The van der Waals surface area contributed by atoms with Gasteiger partial charge in [0.2, 0.25) is 0 Å². The minimum absolute atomic E-state index is 0.0214. The van der Waals surface area contributed by atoms with E-state index >= 15 is 0 Å². The zero-order chi connectivity index (χ0) is 18.8. The van der Waals surface area contributed by atoms with E-state index in [1.165, 1.54) is 6.07 Å². The lowest BCUT2D eigenvalue weighted by Gasteiger charge is -2.12. The van der Waals surface area contributed by atoms with Gasteiger partial charge in [-0.15, -0.1) is 0 Å². The molecule has 0 radical (unpaired) electrons. The van der Waals surface area contributed by atoms with Crippen molar-refractivity contribution in [1.82, 2.24) is 0 Å². The van der Waals surface area contributed by atoms with Crippen molar-refractivity contribution < 1.29 is 32.2 Å². The standard InChI is InChI=1S/C15H12ClF2NO5S/c16-12-3-8(1-2-14(20)21)4-13(15(12)22)25(23,24)19-11-6-9(17)5-10(18)7-11/h3-7,19,22H,1-2H2,(H,20,21). The summed E-state index contributed by atoms with van der Waals surface area (Å²) in [5.74, 6) is -3.84. The Morgan fingerprint density at radius 2 is 1.72 bits per heavy atom. The summed E-state index contributed by atoms with van der Waals surface area (Å²) in [6, 6.07) is 4.36. The molecule has 10 heteroatoms. The van der Waals surface area contributed by atoms with Crippen molar-refractivity contribution in [3.8, 4) is 5.75 Å². The highest BCUT2D eigenvalue weighted by Crippen LogP contribution is 2.34. The normalized spacial score (nSPS) is 11.3.